The number of amides is 2. The zero-order valence-electron chi connectivity index (χ0n) is 26.8. The lowest BCUT2D eigenvalue weighted by Gasteiger charge is -2.30. The van der Waals surface area contributed by atoms with Crippen LogP contribution >= 0.6 is 22.9 Å². The number of ether oxygens (including phenoxy) is 2. The number of methoxy groups -OCH3 is 1. The first-order valence-electron chi connectivity index (χ1n) is 16.3. The molecule has 3 unspecified atom stereocenters. The number of carbonyl (C=O) groups is 2. The number of H-pyrrole nitrogens is 1. The smallest absolute Gasteiger partial charge is 0.407 e. The van der Waals surface area contributed by atoms with Crippen LogP contribution in [0.5, 0.6) is 5.75 Å². The lowest BCUT2D eigenvalue weighted by molar-refractivity contribution is -0.135. The maximum absolute atomic E-state index is 16.3. The number of imidazole rings is 1. The number of hydrogen-bond donors (Lipinski definition) is 2. The molecule has 2 aromatic carbocycles. The van der Waals surface area contributed by atoms with Gasteiger partial charge >= 0.3 is 6.09 Å². The Morgan fingerprint density at radius 2 is 1.94 bits per heavy atom. The second-order valence-electron chi connectivity index (χ2n) is 13.1. The SMILES string of the molecule is COC(=O)NC(C(=O)N1CCCC1c1ncc(-c2cc(F)c3c(c2)OC(c2ccc(C4CC4)s2)n2c-3cc3cc(Cl)ccc32)[nH]1)C(C)C. The third-order valence-corrected chi connectivity index (χ3v) is 11.1. The van der Waals surface area contributed by atoms with Gasteiger partial charge in [0.05, 0.1) is 46.7 Å². The van der Waals surface area contributed by atoms with Crippen molar-refractivity contribution >= 4 is 45.8 Å². The van der Waals surface area contributed by atoms with Crippen molar-refractivity contribution in [3.63, 3.8) is 0 Å². The summed E-state index contributed by atoms with van der Waals surface area (Å²) in [6.45, 7) is 4.30. The minimum Gasteiger partial charge on any atom is -0.464 e. The number of thiophene rings is 1. The molecule has 1 saturated carbocycles. The Kier molecular flexibility index (Phi) is 7.71. The van der Waals surface area contributed by atoms with Gasteiger partial charge in [0.15, 0.2) is 0 Å². The lowest BCUT2D eigenvalue weighted by atomic mass is 10.0. The van der Waals surface area contributed by atoms with Gasteiger partial charge in [0.2, 0.25) is 12.1 Å². The fourth-order valence-electron chi connectivity index (χ4n) is 7.02. The summed E-state index contributed by atoms with van der Waals surface area (Å²) in [4.78, 5) is 37.8. The number of rotatable bonds is 7. The highest BCUT2D eigenvalue weighted by molar-refractivity contribution is 7.12. The van der Waals surface area contributed by atoms with Gasteiger partial charge in [-0.1, -0.05) is 25.4 Å². The van der Waals surface area contributed by atoms with Crippen LogP contribution in [0.2, 0.25) is 5.02 Å². The summed E-state index contributed by atoms with van der Waals surface area (Å²) in [5, 5.41) is 4.21. The van der Waals surface area contributed by atoms with Crippen LogP contribution in [-0.2, 0) is 9.53 Å². The summed E-state index contributed by atoms with van der Waals surface area (Å²) >= 11 is 8.12. The summed E-state index contributed by atoms with van der Waals surface area (Å²) in [6.07, 6.45) is 4.47. The van der Waals surface area contributed by atoms with Crippen LogP contribution in [0.25, 0.3) is 33.4 Å². The van der Waals surface area contributed by atoms with Crippen LogP contribution in [0.3, 0.4) is 0 Å². The summed E-state index contributed by atoms with van der Waals surface area (Å²) < 4.78 is 29.8. The van der Waals surface area contributed by atoms with Crippen LogP contribution in [0.15, 0.2) is 54.7 Å². The molecule has 1 aliphatic carbocycles. The Bertz CT molecular complexity index is 2070. The number of nitrogens with one attached hydrogen (secondary N) is 2. The van der Waals surface area contributed by atoms with Crippen LogP contribution in [-0.4, -0.2) is 51.1 Å². The number of hydrogen-bond acceptors (Lipinski definition) is 6. The lowest BCUT2D eigenvalue weighted by Crippen LogP contribution is -2.51. The van der Waals surface area contributed by atoms with Gasteiger partial charge < -0.3 is 24.7 Å². The zero-order valence-corrected chi connectivity index (χ0v) is 28.3. The topological polar surface area (TPSA) is 101 Å². The van der Waals surface area contributed by atoms with E-state index in [1.807, 2.05) is 44.2 Å². The molecule has 48 heavy (non-hydrogen) atoms. The highest BCUT2D eigenvalue weighted by Gasteiger charge is 2.38. The zero-order chi connectivity index (χ0) is 33.3. The normalized spacial score (nSPS) is 19.2. The molecule has 0 spiro atoms. The van der Waals surface area contributed by atoms with E-state index in [1.54, 1.807) is 22.4 Å². The van der Waals surface area contributed by atoms with Gasteiger partial charge in [-0.2, -0.15) is 0 Å². The molecule has 3 aliphatic rings. The Morgan fingerprint density at radius 1 is 1.12 bits per heavy atom. The number of aromatic amines is 1. The average Bonchev–Trinajstić information content (AvgIpc) is 3.47. The van der Waals surface area contributed by atoms with E-state index in [-0.39, 0.29) is 17.9 Å². The standard InChI is InChI=1S/C36H35ClFN5O4S/c1-18(2)32(41-36(45)46-3)34(44)42-12-4-5-26(42)33-39-17-24(40-33)20-14-23(38)31-27-15-21-13-22(37)8-9-25(21)43(27)35(47-28(31)16-20)30-11-10-29(48-30)19-6-7-19/h8-11,13-19,26,32,35H,4-7,12H2,1-3H3,(H,39,40)(H,41,45). The predicted molar refractivity (Wildman–Crippen MR) is 183 cm³/mol. The maximum atomic E-state index is 16.3. The van der Waals surface area contributed by atoms with Gasteiger partial charge in [-0.3, -0.25) is 9.36 Å². The Morgan fingerprint density at radius 3 is 2.71 bits per heavy atom. The van der Waals surface area contributed by atoms with E-state index in [9.17, 15) is 9.59 Å². The number of carbonyl (C=O) groups excluding carboxylic acids is 2. The average molecular weight is 688 g/mol. The monoisotopic (exact) mass is 687 g/mol. The van der Waals surface area contributed by atoms with Gasteiger partial charge in [0.1, 0.15) is 23.4 Å². The number of fused-ring (bicyclic) bond motifs is 5. The summed E-state index contributed by atoms with van der Waals surface area (Å²) in [6, 6.07) is 14.3. The maximum Gasteiger partial charge on any atom is 0.407 e. The fraction of sp³-hybridized carbons (Fsp3) is 0.361. The van der Waals surface area contributed by atoms with Crippen molar-refractivity contribution in [3.05, 3.63) is 81.1 Å². The summed E-state index contributed by atoms with van der Waals surface area (Å²) in [5.41, 5.74) is 3.25. The van der Waals surface area contributed by atoms with Gasteiger partial charge in [0.25, 0.3) is 0 Å². The molecule has 3 aromatic heterocycles. The van der Waals surface area contributed by atoms with Crippen molar-refractivity contribution in [2.45, 2.75) is 63.8 Å². The van der Waals surface area contributed by atoms with Crippen LogP contribution < -0.4 is 10.1 Å². The molecule has 2 fully saturated rings. The van der Waals surface area contributed by atoms with Gasteiger partial charge in [0, 0.05) is 27.4 Å². The molecule has 3 atom stereocenters. The summed E-state index contributed by atoms with van der Waals surface area (Å²) in [5.74, 6) is 0.923. The third-order valence-electron chi connectivity index (χ3n) is 9.60. The van der Waals surface area contributed by atoms with Crippen molar-refractivity contribution in [2.24, 2.45) is 5.92 Å². The second-order valence-corrected chi connectivity index (χ2v) is 14.7. The number of aromatic nitrogens is 3. The van der Waals surface area contributed by atoms with E-state index in [2.05, 4.69) is 32.0 Å². The number of halogens is 2. The minimum absolute atomic E-state index is 0.141. The number of likely N-dealkylation sites (tertiary alicyclic amines) is 1. The molecule has 0 radical (unpaired) electrons. The van der Waals surface area contributed by atoms with Crippen LogP contribution in [0.4, 0.5) is 9.18 Å². The molecule has 12 heteroatoms. The van der Waals surface area contributed by atoms with Crippen molar-refractivity contribution in [2.75, 3.05) is 13.7 Å². The number of nitrogens with zero attached hydrogens (tertiary/aromatic N) is 3. The van der Waals surface area contributed by atoms with Crippen LogP contribution in [0, 0.1) is 11.7 Å². The molecule has 248 valence electrons. The molecule has 1 saturated heterocycles. The van der Waals surface area contributed by atoms with E-state index in [4.69, 9.17) is 21.1 Å². The highest BCUT2D eigenvalue weighted by Crippen LogP contribution is 2.50. The number of benzene rings is 2. The molecule has 2 aliphatic heterocycles. The van der Waals surface area contributed by atoms with E-state index < -0.39 is 24.2 Å². The van der Waals surface area contributed by atoms with Gasteiger partial charge in [-0.15, -0.1) is 11.3 Å². The Hall–Kier alpha value is -4.35. The molecule has 2 N–H and O–H groups in total. The van der Waals surface area contributed by atoms with Crippen molar-refractivity contribution in [1.82, 2.24) is 24.8 Å². The first kappa shape index (κ1) is 31.0. The fourth-order valence-corrected chi connectivity index (χ4v) is 8.40. The van der Waals surface area contributed by atoms with Crippen molar-refractivity contribution in [3.8, 4) is 28.3 Å². The Balaban J connectivity index is 1.14. The van der Waals surface area contributed by atoms with E-state index in [0.29, 0.717) is 52.3 Å². The largest absolute Gasteiger partial charge is 0.464 e. The predicted octanol–water partition coefficient (Wildman–Crippen LogP) is 8.41. The minimum atomic E-state index is -0.734. The van der Waals surface area contributed by atoms with Gasteiger partial charge in [-0.25, -0.2) is 14.2 Å². The molecule has 5 heterocycles. The summed E-state index contributed by atoms with van der Waals surface area (Å²) in [7, 11) is 1.28. The van der Waals surface area contributed by atoms with E-state index in [1.165, 1.54) is 30.9 Å². The van der Waals surface area contributed by atoms with Crippen molar-refractivity contribution in [1.29, 1.82) is 0 Å². The van der Waals surface area contributed by atoms with Crippen LogP contribution in [0.1, 0.15) is 73.3 Å². The van der Waals surface area contributed by atoms with E-state index >= 15 is 4.39 Å². The first-order valence-corrected chi connectivity index (χ1v) is 17.5. The van der Waals surface area contributed by atoms with Crippen molar-refractivity contribution < 1.29 is 23.5 Å². The molecule has 8 rings (SSSR count). The Labute approximate surface area is 286 Å². The third kappa shape index (κ3) is 5.33. The first-order chi connectivity index (χ1) is 23.2. The number of alkyl carbamates (subject to hydrolysis) is 1. The quantitative estimate of drug-likeness (QED) is 0.179. The molecule has 2 amide bonds. The molecular weight excluding hydrogens is 653 g/mol. The molecule has 9 nitrogen and oxygen atoms in total. The molecule has 0 bridgehead atoms. The second kappa shape index (κ2) is 12.0. The van der Waals surface area contributed by atoms with Gasteiger partial charge in [-0.05, 0) is 86.1 Å². The molecular formula is C36H35ClFN5O4S. The van der Waals surface area contributed by atoms with E-state index in [0.717, 1.165) is 27.9 Å². The molecule has 5 aromatic rings. The highest BCUT2D eigenvalue weighted by atomic mass is 35.5.